The fourth-order valence-electron chi connectivity index (χ4n) is 5.60. The van der Waals surface area contributed by atoms with Crippen LogP contribution < -0.4 is 24.3 Å². The van der Waals surface area contributed by atoms with Crippen molar-refractivity contribution in [2.24, 2.45) is 5.92 Å². The van der Waals surface area contributed by atoms with Gasteiger partial charge in [-0.2, -0.15) is 0 Å². The van der Waals surface area contributed by atoms with Gasteiger partial charge in [0.1, 0.15) is 0 Å². The van der Waals surface area contributed by atoms with E-state index in [0.29, 0.717) is 5.92 Å². The second-order valence-corrected chi connectivity index (χ2v) is 9.88. The van der Waals surface area contributed by atoms with E-state index < -0.39 is 5.60 Å². The molecule has 0 fully saturated rings. The predicted octanol–water partition coefficient (Wildman–Crippen LogP) is 5.14. The van der Waals surface area contributed by atoms with Crippen LogP contribution in [0.25, 0.3) is 0 Å². The molecule has 2 atom stereocenters. The first-order valence-electron chi connectivity index (χ1n) is 12.8. The molecule has 2 aromatic rings. The minimum atomic E-state index is -0.706. The van der Waals surface area contributed by atoms with E-state index in [2.05, 4.69) is 37.4 Å². The molecule has 0 radical (unpaired) electrons. The smallest absolute Gasteiger partial charge is 0.161 e. The van der Waals surface area contributed by atoms with Gasteiger partial charge in [-0.25, -0.2) is 0 Å². The maximum absolute atomic E-state index is 11.8. The second kappa shape index (κ2) is 12.5. The highest BCUT2D eigenvalue weighted by Crippen LogP contribution is 2.48. The Morgan fingerprint density at radius 2 is 1.51 bits per heavy atom. The van der Waals surface area contributed by atoms with Crippen LogP contribution in [0.2, 0.25) is 0 Å². The summed E-state index contributed by atoms with van der Waals surface area (Å²) in [6.07, 6.45) is 5.38. The summed E-state index contributed by atoms with van der Waals surface area (Å²) in [6, 6.07) is 10.3. The van der Waals surface area contributed by atoms with Gasteiger partial charge in [0.15, 0.2) is 23.0 Å². The lowest BCUT2D eigenvalue weighted by atomic mass is 9.65. The van der Waals surface area contributed by atoms with Crippen molar-refractivity contribution in [3.8, 4) is 23.0 Å². The van der Waals surface area contributed by atoms with Gasteiger partial charge in [0.05, 0.1) is 34.0 Å². The zero-order valence-corrected chi connectivity index (χ0v) is 22.3. The maximum atomic E-state index is 11.8. The molecule has 1 aliphatic rings. The molecule has 194 valence electrons. The number of hydrogen-bond donors (Lipinski definition) is 2. The normalized spacial score (nSPS) is 19.4. The Bertz CT molecular complexity index is 960. The van der Waals surface area contributed by atoms with Crippen LogP contribution in [0.5, 0.6) is 23.0 Å². The van der Waals surface area contributed by atoms with Gasteiger partial charge in [-0.05, 0) is 98.5 Å². The van der Waals surface area contributed by atoms with Gasteiger partial charge in [0, 0.05) is 5.92 Å². The van der Waals surface area contributed by atoms with E-state index in [9.17, 15) is 5.11 Å². The summed E-state index contributed by atoms with van der Waals surface area (Å²) >= 11 is 0. The van der Waals surface area contributed by atoms with Crippen molar-refractivity contribution in [3.05, 3.63) is 47.0 Å². The number of benzene rings is 2. The second-order valence-electron chi connectivity index (χ2n) is 9.88. The molecule has 3 rings (SSSR count). The molecule has 2 N–H and O–H groups in total. The SMILES string of the molecule is COc1ccc(CCCNCCCC2(O)CCc3cc(OC)c(OC)cc3C2C(C)C)cc1OC. The molecule has 0 spiro atoms. The van der Waals surface area contributed by atoms with Crippen molar-refractivity contribution in [1.29, 1.82) is 0 Å². The zero-order chi connectivity index (χ0) is 25.4. The molecular weight excluding hydrogens is 442 g/mol. The van der Waals surface area contributed by atoms with Gasteiger partial charge >= 0.3 is 0 Å². The average Bonchev–Trinajstić information content (AvgIpc) is 2.86. The lowest BCUT2D eigenvalue weighted by molar-refractivity contribution is -0.0261. The van der Waals surface area contributed by atoms with E-state index in [1.807, 2.05) is 12.1 Å². The molecule has 1 aliphatic carbocycles. The molecule has 0 aromatic heterocycles. The molecule has 6 heteroatoms. The van der Waals surface area contributed by atoms with E-state index >= 15 is 0 Å². The summed E-state index contributed by atoms with van der Waals surface area (Å²) < 4.78 is 21.8. The fourth-order valence-corrected chi connectivity index (χ4v) is 5.60. The molecular formula is C29H43NO5. The highest BCUT2D eigenvalue weighted by molar-refractivity contribution is 5.50. The Labute approximate surface area is 210 Å². The van der Waals surface area contributed by atoms with Crippen LogP contribution in [-0.2, 0) is 12.8 Å². The lowest BCUT2D eigenvalue weighted by Gasteiger charge is -2.44. The monoisotopic (exact) mass is 485 g/mol. The fraction of sp³-hybridized carbons (Fsp3) is 0.586. The number of aryl methyl sites for hydroxylation is 2. The summed E-state index contributed by atoms with van der Waals surface area (Å²) in [5.74, 6) is 3.43. The lowest BCUT2D eigenvalue weighted by Crippen LogP contribution is -2.43. The third-order valence-electron chi connectivity index (χ3n) is 7.28. The van der Waals surface area contributed by atoms with Crippen molar-refractivity contribution >= 4 is 0 Å². The van der Waals surface area contributed by atoms with Crippen LogP contribution in [0, 0.1) is 5.92 Å². The number of ether oxygens (including phenoxy) is 4. The first kappa shape index (κ1) is 27.2. The number of nitrogens with one attached hydrogen (secondary N) is 1. The van der Waals surface area contributed by atoms with Gasteiger partial charge in [0.25, 0.3) is 0 Å². The van der Waals surface area contributed by atoms with E-state index in [1.165, 1.54) is 16.7 Å². The van der Waals surface area contributed by atoms with Gasteiger partial charge in [-0.1, -0.05) is 19.9 Å². The van der Waals surface area contributed by atoms with Crippen LogP contribution >= 0.6 is 0 Å². The average molecular weight is 486 g/mol. The quantitative estimate of drug-likeness (QED) is 0.383. The molecule has 0 saturated heterocycles. The minimum absolute atomic E-state index is 0.0797. The molecule has 0 amide bonds. The molecule has 2 unspecified atom stereocenters. The summed E-state index contributed by atoms with van der Waals surface area (Å²) in [5.41, 5.74) is 3.00. The van der Waals surface area contributed by atoms with Gasteiger partial charge in [0.2, 0.25) is 0 Å². The molecule has 0 heterocycles. The van der Waals surface area contributed by atoms with E-state index in [-0.39, 0.29) is 5.92 Å². The number of rotatable bonds is 13. The Hall–Kier alpha value is -2.44. The Kier molecular flexibility index (Phi) is 9.70. The number of aliphatic hydroxyl groups is 1. The predicted molar refractivity (Wildman–Crippen MR) is 140 cm³/mol. The summed E-state index contributed by atoms with van der Waals surface area (Å²) in [7, 11) is 6.66. The van der Waals surface area contributed by atoms with Crippen molar-refractivity contribution in [2.45, 2.75) is 63.9 Å². The van der Waals surface area contributed by atoms with E-state index in [0.717, 1.165) is 74.6 Å². The van der Waals surface area contributed by atoms with Gasteiger partial charge in [-0.3, -0.25) is 0 Å². The molecule has 0 aliphatic heterocycles. The van der Waals surface area contributed by atoms with Gasteiger partial charge < -0.3 is 29.4 Å². The Morgan fingerprint density at radius 3 is 2.17 bits per heavy atom. The van der Waals surface area contributed by atoms with Crippen molar-refractivity contribution in [3.63, 3.8) is 0 Å². The highest BCUT2D eigenvalue weighted by atomic mass is 16.5. The Morgan fingerprint density at radius 1 is 0.886 bits per heavy atom. The standard InChI is InChI=1S/C29H43NO5/c1-20(2)28-23-19-27(35-6)26(34-5)18-22(23)12-14-29(28,31)13-8-16-30-15-7-9-21-10-11-24(32-3)25(17-21)33-4/h10-11,17-20,28,30-31H,7-9,12-16H2,1-6H3. The number of hydrogen-bond acceptors (Lipinski definition) is 6. The largest absolute Gasteiger partial charge is 0.493 e. The number of fused-ring (bicyclic) bond motifs is 1. The van der Waals surface area contributed by atoms with E-state index in [1.54, 1.807) is 28.4 Å². The highest BCUT2D eigenvalue weighted by Gasteiger charge is 2.43. The summed E-state index contributed by atoms with van der Waals surface area (Å²) in [4.78, 5) is 0. The summed E-state index contributed by atoms with van der Waals surface area (Å²) in [5, 5.41) is 15.3. The van der Waals surface area contributed by atoms with Crippen molar-refractivity contribution < 1.29 is 24.1 Å². The topological polar surface area (TPSA) is 69.2 Å². The van der Waals surface area contributed by atoms with Gasteiger partial charge in [-0.15, -0.1) is 0 Å². The van der Waals surface area contributed by atoms with Crippen molar-refractivity contribution in [1.82, 2.24) is 5.32 Å². The third-order valence-corrected chi connectivity index (χ3v) is 7.28. The molecule has 0 bridgehead atoms. The Balaban J connectivity index is 1.51. The molecule has 2 aromatic carbocycles. The van der Waals surface area contributed by atoms with Crippen LogP contribution in [0.15, 0.2) is 30.3 Å². The molecule has 0 saturated carbocycles. The number of methoxy groups -OCH3 is 4. The zero-order valence-electron chi connectivity index (χ0n) is 22.3. The van der Waals surface area contributed by atoms with Crippen molar-refractivity contribution in [2.75, 3.05) is 41.5 Å². The minimum Gasteiger partial charge on any atom is -0.493 e. The summed E-state index contributed by atoms with van der Waals surface area (Å²) in [6.45, 7) is 6.25. The van der Waals surface area contributed by atoms with Crippen LogP contribution in [-0.4, -0.2) is 52.2 Å². The van der Waals surface area contributed by atoms with Crippen LogP contribution in [0.3, 0.4) is 0 Å². The first-order valence-corrected chi connectivity index (χ1v) is 12.8. The maximum Gasteiger partial charge on any atom is 0.161 e. The van der Waals surface area contributed by atoms with Crippen LogP contribution in [0.1, 0.15) is 62.1 Å². The molecule has 6 nitrogen and oxygen atoms in total. The molecule has 35 heavy (non-hydrogen) atoms. The van der Waals surface area contributed by atoms with Crippen LogP contribution in [0.4, 0.5) is 0 Å². The third kappa shape index (κ3) is 6.42. The van der Waals surface area contributed by atoms with E-state index in [4.69, 9.17) is 18.9 Å². The first-order chi connectivity index (χ1) is 16.9.